The summed E-state index contributed by atoms with van der Waals surface area (Å²) in [6.07, 6.45) is 2.05. The van der Waals surface area contributed by atoms with E-state index in [1.807, 2.05) is 6.92 Å². The first kappa shape index (κ1) is 12.3. The van der Waals surface area contributed by atoms with Crippen molar-refractivity contribution in [3.63, 3.8) is 0 Å². The highest BCUT2D eigenvalue weighted by Gasteiger charge is 2.19. The molecule has 100 valence electrons. The van der Waals surface area contributed by atoms with Crippen LogP contribution in [0.5, 0.6) is 0 Å². The number of carbonyl (C=O) groups excluding carboxylic acids is 2. The van der Waals surface area contributed by atoms with Gasteiger partial charge >= 0.3 is 0 Å². The summed E-state index contributed by atoms with van der Waals surface area (Å²) < 4.78 is 0. The molecule has 3 rings (SSSR count). The van der Waals surface area contributed by atoms with Gasteiger partial charge in [0.1, 0.15) is 0 Å². The number of carbonyl (C=O) groups is 2. The number of hydrogen-bond donors (Lipinski definition) is 2. The predicted molar refractivity (Wildman–Crippen MR) is 75.7 cm³/mol. The molecular weight excluding hydrogens is 254 g/mol. The molecule has 5 heteroatoms. The Hall–Kier alpha value is -2.69. The number of anilines is 2. The van der Waals surface area contributed by atoms with Crippen LogP contribution >= 0.6 is 0 Å². The Balaban J connectivity index is 1.84. The molecule has 0 atom stereocenters. The Labute approximate surface area is 116 Å². The number of nitrogens with zero attached hydrogens (tertiary/aromatic N) is 1. The second kappa shape index (κ2) is 4.77. The minimum atomic E-state index is -0.218. The lowest BCUT2D eigenvalue weighted by Gasteiger charge is -2.08. The normalized spacial score (nSPS) is 12.8. The number of hydrogen-bond acceptors (Lipinski definition) is 3. The molecule has 0 saturated heterocycles. The number of rotatable bonds is 2. The molecule has 5 nitrogen and oxygen atoms in total. The van der Waals surface area contributed by atoms with Crippen molar-refractivity contribution in [1.82, 2.24) is 4.98 Å². The third kappa shape index (κ3) is 2.25. The van der Waals surface area contributed by atoms with Crippen LogP contribution in [0, 0.1) is 6.92 Å². The van der Waals surface area contributed by atoms with E-state index in [1.165, 1.54) is 0 Å². The van der Waals surface area contributed by atoms with Crippen molar-refractivity contribution in [1.29, 1.82) is 0 Å². The number of amides is 2. The molecule has 2 N–H and O–H groups in total. The van der Waals surface area contributed by atoms with E-state index in [4.69, 9.17) is 0 Å². The van der Waals surface area contributed by atoms with Crippen molar-refractivity contribution in [3.05, 3.63) is 53.3 Å². The molecule has 1 aromatic heterocycles. The molecule has 0 aliphatic carbocycles. The van der Waals surface area contributed by atoms with Crippen LogP contribution in [-0.2, 0) is 11.2 Å². The van der Waals surface area contributed by atoms with E-state index in [-0.39, 0.29) is 11.8 Å². The van der Waals surface area contributed by atoms with Crippen molar-refractivity contribution >= 4 is 23.2 Å². The van der Waals surface area contributed by atoms with Gasteiger partial charge in [-0.2, -0.15) is 0 Å². The van der Waals surface area contributed by atoms with Crippen LogP contribution in [0.4, 0.5) is 11.4 Å². The lowest BCUT2D eigenvalue weighted by Crippen LogP contribution is -2.13. The van der Waals surface area contributed by atoms with Crippen LogP contribution in [0.1, 0.15) is 21.6 Å². The Kier molecular flexibility index (Phi) is 2.95. The van der Waals surface area contributed by atoms with Crippen LogP contribution in [-0.4, -0.2) is 16.8 Å². The van der Waals surface area contributed by atoms with Gasteiger partial charge in [0.25, 0.3) is 5.91 Å². The van der Waals surface area contributed by atoms with Crippen molar-refractivity contribution in [2.75, 3.05) is 10.6 Å². The Morgan fingerprint density at radius 2 is 2.20 bits per heavy atom. The monoisotopic (exact) mass is 267 g/mol. The second-order valence-electron chi connectivity index (χ2n) is 4.69. The largest absolute Gasteiger partial charge is 0.326 e. The molecular formula is C15H13N3O2. The summed E-state index contributed by atoms with van der Waals surface area (Å²) in [6, 6.07) is 8.79. The Morgan fingerprint density at radius 3 is 3.00 bits per heavy atom. The highest BCUT2D eigenvalue weighted by atomic mass is 16.2. The molecule has 2 heterocycles. The molecule has 2 amide bonds. The van der Waals surface area contributed by atoms with Gasteiger partial charge in [-0.15, -0.1) is 0 Å². The first-order valence-electron chi connectivity index (χ1n) is 6.29. The van der Waals surface area contributed by atoms with E-state index in [2.05, 4.69) is 15.6 Å². The summed E-state index contributed by atoms with van der Waals surface area (Å²) in [5, 5.41) is 5.55. The standard InChI is InChI=1S/C15H13N3O2/c1-9-12(3-2-6-16-9)18-15(20)11-5-4-10-8-14(19)17-13(10)7-11/h2-7H,8H2,1H3,(H,17,19)(H,18,20). The summed E-state index contributed by atoms with van der Waals surface area (Å²) >= 11 is 0. The average molecular weight is 267 g/mol. The zero-order valence-electron chi connectivity index (χ0n) is 10.9. The van der Waals surface area contributed by atoms with Gasteiger partial charge in [-0.25, -0.2) is 0 Å². The summed E-state index contributed by atoms with van der Waals surface area (Å²) in [6.45, 7) is 1.83. The molecule has 0 unspecified atom stereocenters. The first-order valence-corrected chi connectivity index (χ1v) is 6.29. The van der Waals surface area contributed by atoms with E-state index >= 15 is 0 Å². The van der Waals surface area contributed by atoms with Gasteiger partial charge in [0, 0.05) is 17.4 Å². The number of benzene rings is 1. The minimum absolute atomic E-state index is 0.0411. The van der Waals surface area contributed by atoms with E-state index in [0.29, 0.717) is 23.4 Å². The third-order valence-electron chi connectivity index (χ3n) is 3.25. The number of aryl methyl sites for hydroxylation is 1. The topological polar surface area (TPSA) is 71.1 Å². The fourth-order valence-electron chi connectivity index (χ4n) is 2.17. The van der Waals surface area contributed by atoms with Gasteiger partial charge in [0.05, 0.1) is 17.8 Å². The first-order chi connectivity index (χ1) is 9.63. The molecule has 1 aliphatic heterocycles. The maximum absolute atomic E-state index is 12.2. The van der Waals surface area contributed by atoms with Crippen LogP contribution in [0.3, 0.4) is 0 Å². The van der Waals surface area contributed by atoms with Gasteiger partial charge in [-0.05, 0) is 36.8 Å². The van der Waals surface area contributed by atoms with Crippen LogP contribution in [0.15, 0.2) is 36.5 Å². The van der Waals surface area contributed by atoms with Crippen molar-refractivity contribution in [2.45, 2.75) is 13.3 Å². The average Bonchev–Trinajstić information content (AvgIpc) is 2.80. The lowest BCUT2D eigenvalue weighted by molar-refractivity contribution is -0.115. The van der Waals surface area contributed by atoms with Gasteiger partial charge in [-0.3, -0.25) is 14.6 Å². The van der Waals surface area contributed by atoms with Gasteiger partial charge in [0.15, 0.2) is 0 Å². The van der Waals surface area contributed by atoms with Crippen molar-refractivity contribution in [3.8, 4) is 0 Å². The molecule has 1 aliphatic rings. The Bertz CT molecular complexity index is 710. The fraction of sp³-hybridized carbons (Fsp3) is 0.133. The predicted octanol–water partition coefficient (Wildman–Crippen LogP) is 2.14. The van der Waals surface area contributed by atoms with E-state index in [0.717, 1.165) is 11.3 Å². The van der Waals surface area contributed by atoms with E-state index < -0.39 is 0 Å². The van der Waals surface area contributed by atoms with E-state index in [1.54, 1.807) is 36.5 Å². The highest BCUT2D eigenvalue weighted by molar-refractivity contribution is 6.07. The van der Waals surface area contributed by atoms with Gasteiger partial charge in [-0.1, -0.05) is 6.07 Å². The smallest absolute Gasteiger partial charge is 0.255 e. The lowest BCUT2D eigenvalue weighted by atomic mass is 10.1. The van der Waals surface area contributed by atoms with E-state index in [9.17, 15) is 9.59 Å². The molecule has 0 radical (unpaired) electrons. The number of aromatic nitrogens is 1. The SMILES string of the molecule is Cc1ncccc1NC(=O)c1ccc2c(c1)NC(=O)C2. The van der Waals surface area contributed by atoms with Crippen molar-refractivity contribution < 1.29 is 9.59 Å². The van der Waals surface area contributed by atoms with Gasteiger partial charge < -0.3 is 10.6 Å². The number of pyridine rings is 1. The number of fused-ring (bicyclic) bond motifs is 1. The maximum atomic E-state index is 12.2. The van der Waals surface area contributed by atoms with Gasteiger partial charge in [0.2, 0.25) is 5.91 Å². The molecule has 2 aromatic rings. The van der Waals surface area contributed by atoms with Crippen LogP contribution in [0.25, 0.3) is 0 Å². The third-order valence-corrected chi connectivity index (χ3v) is 3.25. The summed E-state index contributed by atoms with van der Waals surface area (Å²) in [5.74, 6) is -0.259. The second-order valence-corrected chi connectivity index (χ2v) is 4.69. The summed E-state index contributed by atoms with van der Waals surface area (Å²) in [7, 11) is 0. The van der Waals surface area contributed by atoms with Crippen molar-refractivity contribution in [2.24, 2.45) is 0 Å². The maximum Gasteiger partial charge on any atom is 0.255 e. The Morgan fingerprint density at radius 1 is 1.35 bits per heavy atom. The summed E-state index contributed by atoms with van der Waals surface area (Å²) in [5.41, 5.74) is 3.58. The quantitative estimate of drug-likeness (QED) is 0.875. The molecule has 0 spiro atoms. The molecule has 20 heavy (non-hydrogen) atoms. The number of nitrogens with one attached hydrogen (secondary N) is 2. The molecule has 0 fully saturated rings. The fourth-order valence-corrected chi connectivity index (χ4v) is 2.17. The zero-order valence-corrected chi connectivity index (χ0v) is 10.9. The molecule has 0 saturated carbocycles. The highest BCUT2D eigenvalue weighted by Crippen LogP contribution is 2.24. The zero-order chi connectivity index (χ0) is 14.1. The molecule has 0 bridgehead atoms. The van der Waals surface area contributed by atoms with Crippen LogP contribution in [0.2, 0.25) is 0 Å². The minimum Gasteiger partial charge on any atom is -0.326 e. The van der Waals surface area contributed by atoms with Crippen LogP contribution < -0.4 is 10.6 Å². The summed E-state index contributed by atoms with van der Waals surface area (Å²) in [4.78, 5) is 27.6. The molecule has 1 aromatic carbocycles.